The first-order valence-corrected chi connectivity index (χ1v) is 8.84. The van der Waals surface area contributed by atoms with E-state index in [1.54, 1.807) is 12.1 Å². The van der Waals surface area contributed by atoms with Gasteiger partial charge in [0, 0.05) is 32.2 Å². The number of urea groups is 1. The van der Waals surface area contributed by atoms with Crippen LogP contribution < -0.4 is 10.6 Å². The maximum Gasteiger partial charge on any atom is 0.315 e. The van der Waals surface area contributed by atoms with Crippen molar-refractivity contribution in [3.63, 3.8) is 0 Å². The average Bonchev–Trinajstić information content (AvgIpc) is 2.65. The van der Waals surface area contributed by atoms with Gasteiger partial charge in [0.05, 0.1) is 0 Å². The van der Waals surface area contributed by atoms with Gasteiger partial charge >= 0.3 is 6.03 Å². The molecule has 0 radical (unpaired) electrons. The van der Waals surface area contributed by atoms with Crippen LogP contribution in [0, 0.1) is 11.6 Å². The van der Waals surface area contributed by atoms with Gasteiger partial charge in [0.15, 0.2) is 0 Å². The molecule has 1 saturated heterocycles. The zero-order valence-corrected chi connectivity index (χ0v) is 14.6. The van der Waals surface area contributed by atoms with Crippen LogP contribution >= 0.6 is 0 Å². The van der Waals surface area contributed by atoms with Crippen molar-refractivity contribution in [2.45, 2.75) is 32.0 Å². The fourth-order valence-corrected chi connectivity index (χ4v) is 3.10. The molecule has 1 aliphatic heterocycles. The highest BCUT2D eigenvalue weighted by atomic mass is 19.1. The van der Waals surface area contributed by atoms with Gasteiger partial charge in [-0.25, -0.2) is 13.6 Å². The minimum absolute atomic E-state index is 0.146. The van der Waals surface area contributed by atoms with Crippen LogP contribution in [0.5, 0.6) is 0 Å². The van der Waals surface area contributed by atoms with Gasteiger partial charge in [0.25, 0.3) is 0 Å². The van der Waals surface area contributed by atoms with Crippen LogP contribution in [-0.4, -0.2) is 30.1 Å². The van der Waals surface area contributed by atoms with E-state index in [2.05, 4.69) is 15.5 Å². The molecule has 6 heteroatoms. The summed E-state index contributed by atoms with van der Waals surface area (Å²) in [5.74, 6) is -0.506. The van der Waals surface area contributed by atoms with Gasteiger partial charge in [0.2, 0.25) is 0 Å². The number of hydrogen-bond acceptors (Lipinski definition) is 2. The Morgan fingerprint density at radius 2 is 1.46 bits per heavy atom. The van der Waals surface area contributed by atoms with Crippen LogP contribution in [0.4, 0.5) is 13.6 Å². The van der Waals surface area contributed by atoms with Crippen molar-refractivity contribution < 1.29 is 13.6 Å². The van der Waals surface area contributed by atoms with Crippen molar-refractivity contribution >= 4 is 6.03 Å². The number of piperidine rings is 1. The lowest BCUT2D eigenvalue weighted by molar-refractivity contribution is 0.186. The summed E-state index contributed by atoms with van der Waals surface area (Å²) in [6, 6.07) is 12.6. The van der Waals surface area contributed by atoms with E-state index in [1.807, 2.05) is 12.1 Å². The number of halogens is 2. The number of hydrogen-bond donors (Lipinski definition) is 2. The summed E-state index contributed by atoms with van der Waals surface area (Å²) in [5.41, 5.74) is 1.95. The number of nitrogens with zero attached hydrogens (tertiary/aromatic N) is 1. The normalized spacial score (nSPS) is 15.6. The first-order valence-electron chi connectivity index (χ1n) is 8.84. The highest BCUT2D eigenvalue weighted by Crippen LogP contribution is 2.14. The molecule has 1 aliphatic rings. The molecule has 2 N–H and O–H groups in total. The van der Waals surface area contributed by atoms with Crippen molar-refractivity contribution in [3.05, 3.63) is 71.3 Å². The summed E-state index contributed by atoms with van der Waals surface area (Å²) >= 11 is 0. The molecular weight excluding hydrogens is 336 g/mol. The van der Waals surface area contributed by atoms with E-state index in [1.165, 1.54) is 24.3 Å². The van der Waals surface area contributed by atoms with E-state index >= 15 is 0 Å². The van der Waals surface area contributed by atoms with Crippen LogP contribution in [0.15, 0.2) is 48.5 Å². The van der Waals surface area contributed by atoms with Gasteiger partial charge in [-0.3, -0.25) is 4.90 Å². The number of rotatable bonds is 5. The number of carbonyl (C=O) groups is 1. The van der Waals surface area contributed by atoms with Crippen LogP contribution in [-0.2, 0) is 13.1 Å². The van der Waals surface area contributed by atoms with Crippen LogP contribution in [0.1, 0.15) is 24.0 Å². The largest absolute Gasteiger partial charge is 0.335 e. The number of amides is 2. The molecule has 0 bridgehead atoms. The Bertz CT molecular complexity index is 711. The van der Waals surface area contributed by atoms with E-state index in [-0.39, 0.29) is 23.7 Å². The molecule has 0 unspecified atom stereocenters. The molecule has 0 saturated carbocycles. The van der Waals surface area contributed by atoms with Crippen molar-refractivity contribution in [1.29, 1.82) is 0 Å². The zero-order chi connectivity index (χ0) is 18.4. The van der Waals surface area contributed by atoms with Gasteiger partial charge in [-0.15, -0.1) is 0 Å². The Morgan fingerprint density at radius 1 is 0.923 bits per heavy atom. The number of likely N-dealkylation sites (tertiary alicyclic amines) is 1. The van der Waals surface area contributed by atoms with E-state index in [0.717, 1.165) is 43.6 Å². The van der Waals surface area contributed by atoms with Crippen molar-refractivity contribution in [3.8, 4) is 0 Å². The maximum atomic E-state index is 13.0. The fourth-order valence-electron chi connectivity index (χ4n) is 3.10. The summed E-state index contributed by atoms with van der Waals surface area (Å²) in [5, 5.41) is 5.79. The predicted molar refractivity (Wildman–Crippen MR) is 96.5 cm³/mol. The minimum atomic E-state index is -0.286. The smallest absolute Gasteiger partial charge is 0.315 e. The highest BCUT2D eigenvalue weighted by Gasteiger charge is 2.20. The molecule has 3 rings (SSSR count). The molecular formula is C20H23F2N3O. The second-order valence-corrected chi connectivity index (χ2v) is 6.63. The van der Waals surface area contributed by atoms with Gasteiger partial charge in [0.1, 0.15) is 11.6 Å². The lowest BCUT2D eigenvalue weighted by Gasteiger charge is -2.32. The summed E-state index contributed by atoms with van der Waals surface area (Å²) < 4.78 is 25.8. The molecule has 0 spiro atoms. The molecule has 2 amide bonds. The summed E-state index contributed by atoms with van der Waals surface area (Å²) in [4.78, 5) is 14.3. The number of carbonyl (C=O) groups excluding carboxylic acids is 1. The van der Waals surface area contributed by atoms with Crippen LogP contribution in [0.3, 0.4) is 0 Å². The van der Waals surface area contributed by atoms with Gasteiger partial charge < -0.3 is 10.6 Å². The molecule has 2 aromatic carbocycles. The molecule has 4 nitrogen and oxygen atoms in total. The second-order valence-electron chi connectivity index (χ2n) is 6.63. The zero-order valence-electron chi connectivity index (χ0n) is 14.6. The first kappa shape index (κ1) is 18.3. The summed E-state index contributed by atoms with van der Waals surface area (Å²) in [6.07, 6.45) is 1.76. The van der Waals surface area contributed by atoms with Gasteiger partial charge in [-0.05, 0) is 48.2 Å². The Labute approximate surface area is 152 Å². The van der Waals surface area contributed by atoms with E-state index < -0.39 is 0 Å². The Hall–Kier alpha value is -2.47. The summed E-state index contributed by atoms with van der Waals surface area (Å²) in [7, 11) is 0. The standard InChI is InChI=1S/C20H23F2N3O/c21-17-5-1-15(2-6-17)13-23-20(26)24-19-9-11-25(12-10-19)14-16-3-7-18(22)8-4-16/h1-8,19H,9-14H2,(H2,23,24,26). The lowest BCUT2D eigenvalue weighted by atomic mass is 10.0. The van der Waals surface area contributed by atoms with Crippen molar-refractivity contribution in [1.82, 2.24) is 15.5 Å². The molecule has 138 valence electrons. The van der Waals surface area contributed by atoms with E-state index in [4.69, 9.17) is 0 Å². The second kappa shape index (κ2) is 8.76. The third-order valence-electron chi connectivity index (χ3n) is 4.61. The Kier molecular flexibility index (Phi) is 6.17. The van der Waals surface area contributed by atoms with Crippen molar-refractivity contribution in [2.24, 2.45) is 0 Å². The summed E-state index contributed by atoms with van der Waals surface area (Å²) in [6.45, 7) is 2.94. The van der Waals surface area contributed by atoms with Gasteiger partial charge in [-0.1, -0.05) is 24.3 Å². The van der Waals surface area contributed by atoms with Crippen molar-refractivity contribution in [2.75, 3.05) is 13.1 Å². The highest BCUT2D eigenvalue weighted by molar-refractivity contribution is 5.74. The molecule has 26 heavy (non-hydrogen) atoms. The number of benzene rings is 2. The molecule has 0 aliphatic carbocycles. The quantitative estimate of drug-likeness (QED) is 0.859. The first-order chi connectivity index (χ1) is 12.6. The topological polar surface area (TPSA) is 44.4 Å². The Balaban J connectivity index is 1.37. The van der Waals surface area contributed by atoms with Crippen LogP contribution in [0.2, 0.25) is 0 Å². The maximum absolute atomic E-state index is 13.0. The van der Waals surface area contributed by atoms with Gasteiger partial charge in [-0.2, -0.15) is 0 Å². The monoisotopic (exact) mass is 359 g/mol. The molecule has 1 fully saturated rings. The number of nitrogens with one attached hydrogen (secondary N) is 2. The lowest BCUT2D eigenvalue weighted by Crippen LogP contribution is -2.47. The third kappa shape index (κ3) is 5.52. The Morgan fingerprint density at radius 3 is 2.04 bits per heavy atom. The van der Waals surface area contributed by atoms with E-state index in [0.29, 0.717) is 6.54 Å². The molecule has 0 atom stereocenters. The molecule has 1 heterocycles. The van der Waals surface area contributed by atoms with E-state index in [9.17, 15) is 13.6 Å². The fraction of sp³-hybridized carbons (Fsp3) is 0.350. The SMILES string of the molecule is O=C(NCc1ccc(F)cc1)NC1CCN(Cc2ccc(F)cc2)CC1. The molecule has 2 aromatic rings. The average molecular weight is 359 g/mol. The third-order valence-corrected chi connectivity index (χ3v) is 4.61. The van der Waals surface area contributed by atoms with Crippen LogP contribution in [0.25, 0.3) is 0 Å². The molecule has 0 aromatic heterocycles. The predicted octanol–water partition coefficient (Wildman–Crippen LogP) is 3.43. The minimum Gasteiger partial charge on any atom is -0.335 e.